The van der Waals surface area contributed by atoms with Crippen LogP contribution >= 0.6 is 0 Å². The summed E-state index contributed by atoms with van der Waals surface area (Å²) < 4.78 is 0. The molecule has 0 saturated carbocycles. The number of fused-ring (bicyclic) bond motifs is 1. The van der Waals surface area contributed by atoms with Gasteiger partial charge in [0.2, 0.25) is 0 Å². The molecule has 0 atom stereocenters. The van der Waals surface area contributed by atoms with Crippen LogP contribution in [0.25, 0.3) is 10.9 Å². The van der Waals surface area contributed by atoms with E-state index in [0.717, 1.165) is 56.0 Å². The van der Waals surface area contributed by atoms with Crippen LogP contribution in [0.2, 0.25) is 0 Å². The van der Waals surface area contributed by atoms with Gasteiger partial charge in [-0.3, -0.25) is 4.90 Å². The molecule has 0 radical (unpaired) electrons. The molecular weight excluding hydrogens is 250 g/mol. The summed E-state index contributed by atoms with van der Waals surface area (Å²) in [4.78, 5) is 13.5. The molecule has 1 aliphatic heterocycles. The van der Waals surface area contributed by atoms with Crippen molar-refractivity contribution in [2.24, 2.45) is 0 Å². The first-order chi connectivity index (χ1) is 9.83. The first-order valence-electron chi connectivity index (χ1n) is 7.17. The lowest BCUT2D eigenvalue weighted by Gasteiger charge is -2.32. The SMILES string of the molecule is CN1CCN(CCNc2ncnc3ccccc23)CC1. The number of nitrogens with one attached hydrogen (secondary N) is 1. The van der Waals surface area contributed by atoms with Crippen molar-refractivity contribution in [1.29, 1.82) is 0 Å². The number of piperazine rings is 1. The molecule has 1 aromatic heterocycles. The average molecular weight is 271 g/mol. The highest BCUT2D eigenvalue weighted by atomic mass is 15.2. The summed E-state index contributed by atoms with van der Waals surface area (Å²) in [6, 6.07) is 8.11. The summed E-state index contributed by atoms with van der Waals surface area (Å²) in [6.07, 6.45) is 1.63. The van der Waals surface area contributed by atoms with Gasteiger partial charge in [-0.25, -0.2) is 9.97 Å². The van der Waals surface area contributed by atoms with Crippen molar-refractivity contribution in [3.05, 3.63) is 30.6 Å². The zero-order chi connectivity index (χ0) is 13.8. The molecule has 1 N–H and O–H groups in total. The van der Waals surface area contributed by atoms with Gasteiger partial charge in [-0.05, 0) is 19.2 Å². The van der Waals surface area contributed by atoms with E-state index in [-0.39, 0.29) is 0 Å². The van der Waals surface area contributed by atoms with Crippen LogP contribution in [0, 0.1) is 0 Å². The van der Waals surface area contributed by atoms with E-state index < -0.39 is 0 Å². The van der Waals surface area contributed by atoms with Crippen LogP contribution in [-0.4, -0.2) is 66.1 Å². The van der Waals surface area contributed by atoms with Crippen LogP contribution in [0.1, 0.15) is 0 Å². The number of hydrogen-bond acceptors (Lipinski definition) is 5. The van der Waals surface area contributed by atoms with Crippen LogP contribution in [0.5, 0.6) is 0 Å². The predicted octanol–water partition coefficient (Wildman–Crippen LogP) is 1.29. The molecule has 5 heteroatoms. The molecule has 1 aliphatic rings. The minimum Gasteiger partial charge on any atom is -0.368 e. The maximum absolute atomic E-state index is 4.35. The number of anilines is 1. The fourth-order valence-corrected chi connectivity index (χ4v) is 2.55. The zero-order valence-corrected chi connectivity index (χ0v) is 11.9. The first-order valence-corrected chi connectivity index (χ1v) is 7.17. The first kappa shape index (κ1) is 13.3. The molecule has 0 aliphatic carbocycles. The number of likely N-dealkylation sites (N-methyl/N-ethyl adjacent to an activating group) is 1. The number of benzene rings is 1. The van der Waals surface area contributed by atoms with Crippen LogP contribution in [0.3, 0.4) is 0 Å². The fraction of sp³-hybridized carbons (Fsp3) is 0.467. The Labute approximate surface area is 119 Å². The van der Waals surface area contributed by atoms with E-state index in [4.69, 9.17) is 0 Å². The third-order valence-electron chi connectivity index (χ3n) is 3.86. The van der Waals surface area contributed by atoms with E-state index in [1.54, 1.807) is 6.33 Å². The number of para-hydroxylation sites is 1. The topological polar surface area (TPSA) is 44.3 Å². The molecule has 1 fully saturated rings. The van der Waals surface area contributed by atoms with Gasteiger partial charge in [-0.15, -0.1) is 0 Å². The maximum Gasteiger partial charge on any atom is 0.137 e. The lowest BCUT2D eigenvalue weighted by atomic mass is 10.2. The van der Waals surface area contributed by atoms with Crippen molar-refractivity contribution in [3.8, 4) is 0 Å². The van der Waals surface area contributed by atoms with Gasteiger partial charge in [0.25, 0.3) is 0 Å². The Bertz CT molecular complexity index is 558. The highest BCUT2D eigenvalue weighted by molar-refractivity contribution is 5.88. The summed E-state index contributed by atoms with van der Waals surface area (Å²) in [5.41, 5.74) is 0.990. The van der Waals surface area contributed by atoms with Gasteiger partial charge in [-0.1, -0.05) is 12.1 Å². The number of hydrogen-bond donors (Lipinski definition) is 1. The normalized spacial score (nSPS) is 17.4. The Balaban J connectivity index is 1.57. The zero-order valence-electron chi connectivity index (χ0n) is 11.9. The van der Waals surface area contributed by atoms with Crippen LogP contribution < -0.4 is 5.32 Å². The minimum atomic E-state index is 0.921. The summed E-state index contributed by atoms with van der Waals surface area (Å²) in [5, 5.41) is 4.53. The largest absolute Gasteiger partial charge is 0.368 e. The van der Waals surface area contributed by atoms with Crippen molar-refractivity contribution >= 4 is 16.7 Å². The fourth-order valence-electron chi connectivity index (χ4n) is 2.55. The minimum absolute atomic E-state index is 0.921. The molecule has 0 bridgehead atoms. The quantitative estimate of drug-likeness (QED) is 0.908. The molecule has 2 heterocycles. The lowest BCUT2D eigenvalue weighted by Crippen LogP contribution is -2.45. The van der Waals surface area contributed by atoms with Crippen molar-refractivity contribution < 1.29 is 0 Å². The molecule has 1 saturated heterocycles. The lowest BCUT2D eigenvalue weighted by molar-refractivity contribution is 0.158. The molecule has 1 aromatic carbocycles. The summed E-state index contributed by atoms with van der Waals surface area (Å²) in [6.45, 7) is 6.62. The Kier molecular flexibility index (Phi) is 4.08. The summed E-state index contributed by atoms with van der Waals surface area (Å²) in [5.74, 6) is 0.935. The van der Waals surface area contributed by atoms with Crippen LogP contribution in [-0.2, 0) is 0 Å². The van der Waals surface area contributed by atoms with Gasteiger partial charge in [0.15, 0.2) is 0 Å². The molecular formula is C15H21N5. The maximum atomic E-state index is 4.35. The number of rotatable bonds is 4. The smallest absolute Gasteiger partial charge is 0.137 e. The van der Waals surface area contributed by atoms with Crippen molar-refractivity contribution in [2.75, 3.05) is 51.6 Å². The number of nitrogens with zero attached hydrogens (tertiary/aromatic N) is 4. The molecule has 106 valence electrons. The summed E-state index contributed by atoms with van der Waals surface area (Å²) in [7, 11) is 2.18. The van der Waals surface area contributed by atoms with Gasteiger partial charge in [-0.2, -0.15) is 0 Å². The van der Waals surface area contributed by atoms with E-state index >= 15 is 0 Å². The summed E-state index contributed by atoms with van der Waals surface area (Å²) >= 11 is 0. The second kappa shape index (κ2) is 6.15. The van der Waals surface area contributed by atoms with Crippen molar-refractivity contribution in [2.45, 2.75) is 0 Å². The second-order valence-electron chi connectivity index (χ2n) is 5.31. The van der Waals surface area contributed by atoms with Gasteiger partial charge < -0.3 is 10.2 Å². The third kappa shape index (κ3) is 3.05. The Hall–Kier alpha value is -1.72. The molecule has 0 unspecified atom stereocenters. The molecule has 0 amide bonds. The molecule has 20 heavy (non-hydrogen) atoms. The van der Waals surface area contributed by atoms with E-state index in [2.05, 4.69) is 38.2 Å². The second-order valence-corrected chi connectivity index (χ2v) is 5.31. The Morgan fingerprint density at radius 1 is 1.10 bits per heavy atom. The molecule has 0 spiro atoms. The van der Waals surface area contributed by atoms with E-state index in [0.29, 0.717) is 0 Å². The van der Waals surface area contributed by atoms with E-state index in [1.807, 2.05) is 18.2 Å². The van der Waals surface area contributed by atoms with Gasteiger partial charge in [0.05, 0.1) is 5.52 Å². The molecule has 2 aromatic rings. The van der Waals surface area contributed by atoms with Crippen molar-refractivity contribution in [3.63, 3.8) is 0 Å². The van der Waals surface area contributed by atoms with E-state index in [9.17, 15) is 0 Å². The van der Waals surface area contributed by atoms with Crippen LogP contribution in [0.15, 0.2) is 30.6 Å². The Morgan fingerprint density at radius 3 is 2.75 bits per heavy atom. The standard InChI is InChI=1S/C15H21N5/c1-19-8-10-20(11-9-19)7-6-16-15-13-4-2-3-5-14(13)17-12-18-15/h2-5,12H,6-11H2,1H3,(H,16,17,18). The monoisotopic (exact) mass is 271 g/mol. The highest BCUT2D eigenvalue weighted by Gasteiger charge is 2.13. The number of aromatic nitrogens is 2. The van der Waals surface area contributed by atoms with E-state index in [1.165, 1.54) is 0 Å². The predicted molar refractivity (Wildman–Crippen MR) is 82.0 cm³/mol. The van der Waals surface area contributed by atoms with Crippen LogP contribution in [0.4, 0.5) is 5.82 Å². The van der Waals surface area contributed by atoms with Crippen molar-refractivity contribution in [1.82, 2.24) is 19.8 Å². The average Bonchev–Trinajstić information content (AvgIpc) is 2.49. The molecule has 3 rings (SSSR count). The third-order valence-corrected chi connectivity index (χ3v) is 3.86. The van der Waals surface area contributed by atoms with Gasteiger partial charge in [0.1, 0.15) is 12.1 Å². The van der Waals surface area contributed by atoms with Gasteiger partial charge >= 0.3 is 0 Å². The molecule has 5 nitrogen and oxygen atoms in total. The Morgan fingerprint density at radius 2 is 1.90 bits per heavy atom. The van der Waals surface area contributed by atoms with Gasteiger partial charge in [0, 0.05) is 44.7 Å². The highest BCUT2D eigenvalue weighted by Crippen LogP contribution is 2.17.